The molecule has 2 rings (SSSR count). The van der Waals surface area contributed by atoms with Gasteiger partial charge >= 0.3 is 0 Å². The van der Waals surface area contributed by atoms with Crippen molar-refractivity contribution in [2.45, 2.75) is 19.9 Å². The van der Waals surface area contributed by atoms with E-state index >= 15 is 0 Å². The molecule has 0 saturated heterocycles. The topological polar surface area (TPSA) is 50.4 Å². The third kappa shape index (κ3) is 4.60. The van der Waals surface area contributed by atoms with E-state index in [-0.39, 0.29) is 11.7 Å². The summed E-state index contributed by atoms with van der Waals surface area (Å²) in [5.74, 6) is -0.561. The second-order valence-electron chi connectivity index (χ2n) is 4.91. The van der Waals surface area contributed by atoms with Crippen LogP contribution in [-0.4, -0.2) is 18.6 Å². The van der Waals surface area contributed by atoms with E-state index in [1.165, 1.54) is 12.1 Å². The van der Waals surface area contributed by atoms with Crippen molar-refractivity contribution < 1.29 is 13.9 Å². The first-order valence-corrected chi connectivity index (χ1v) is 7.63. The Labute approximate surface area is 139 Å². The van der Waals surface area contributed by atoms with Crippen LogP contribution in [0.5, 0.6) is 5.75 Å². The first kappa shape index (κ1) is 17.1. The lowest BCUT2D eigenvalue weighted by Gasteiger charge is -2.16. The summed E-state index contributed by atoms with van der Waals surface area (Å²) in [4.78, 5) is 12.2. The molecule has 1 amide bonds. The summed E-state index contributed by atoms with van der Waals surface area (Å²) in [6, 6.07) is 10.9. The van der Waals surface area contributed by atoms with Gasteiger partial charge in [0.05, 0.1) is 17.3 Å². The van der Waals surface area contributed by atoms with E-state index < -0.39 is 11.9 Å². The van der Waals surface area contributed by atoms with Crippen LogP contribution in [0, 0.1) is 5.82 Å². The molecule has 0 fully saturated rings. The Morgan fingerprint density at radius 3 is 2.70 bits per heavy atom. The molecule has 1 atom stereocenters. The minimum atomic E-state index is -0.566. The van der Waals surface area contributed by atoms with Gasteiger partial charge in [-0.2, -0.15) is 0 Å². The van der Waals surface area contributed by atoms with Gasteiger partial charge in [0, 0.05) is 11.8 Å². The van der Waals surface area contributed by atoms with Crippen LogP contribution in [0.1, 0.15) is 13.8 Å². The van der Waals surface area contributed by atoms with Gasteiger partial charge in [-0.1, -0.05) is 23.7 Å². The molecular formula is C17H18ClFN2O2. The van der Waals surface area contributed by atoms with Gasteiger partial charge in [-0.15, -0.1) is 0 Å². The van der Waals surface area contributed by atoms with Gasteiger partial charge in [-0.25, -0.2) is 4.39 Å². The van der Waals surface area contributed by atoms with Crippen LogP contribution >= 0.6 is 11.6 Å². The first-order chi connectivity index (χ1) is 11.0. The van der Waals surface area contributed by atoms with Crippen LogP contribution < -0.4 is 15.4 Å². The fourth-order valence-corrected chi connectivity index (χ4v) is 2.17. The number of hydrogen-bond acceptors (Lipinski definition) is 3. The van der Waals surface area contributed by atoms with E-state index in [1.54, 1.807) is 44.2 Å². The van der Waals surface area contributed by atoms with E-state index in [0.29, 0.717) is 23.0 Å². The van der Waals surface area contributed by atoms with Crippen LogP contribution in [0.4, 0.5) is 15.8 Å². The van der Waals surface area contributed by atoms with Gasteiger partial charge in [0.25, 0.3) is 0 Å². The number of nitrogens with one attached hydrogen (secondary N) is 2. The van der Waals surface area contributed by atoms with Gasteiger partial charge < -0.3 is 15.4 Å². The predicted octanol–water partition coefficient (Wildman–Crippen LogP) is 4.32. The highest BCUT2D eigenvalue weighted by Crippen LogP contribution is 2.23. The maximum Gasteiger partial charge on any atom is 0.246 e. The lowest BCUT2D eigenvalue weighted by atomic mass is 10.2. The average Bonchev–Trinajstić information content (AvgIpc) is 2.52. The second-order valence-corrected chi connectivity index (χ2v) is 5.32. The van der Waals surface area contributed by atoms with E-state index in [0.717, 1.165) is 0 Å². The maximum atomic E-state index is 13.8. The Kier molecular flexibility index (Phi) is 5.82. The SMILES string of the molecule is CCOc1ccc(N[C@@H](C)C(=O)Nc2ccccc2Cl)cc1F. The monoisotopic (exact) mass is 336 g/mol. The van der Waals surface area contributed by atoms with Crippen molar-refractivity contribution in [3.8, 4) is 5.75 Å². The lowest BCUT2D eigenvalue weighted by molar-refractivity contribution is -0.116. The van der Waals surface area contributed by atoms with Crippen molar-refractivity contribution in [3.63, 3.8) is 0 Å². The molecule has 6 heteroatoms. The van der Waals surface area contributed by atoms with Crippen LogP contribution in [-0.2, 0) is 4.79 Å². The highest BCUT2D eigenvalue weighted by Gasteiger charge is 2.15. The summed E-state index contributed by atoms with van der Waals surface area (Å²) in [5, 5.41) is 6.12. The van der Waals surface area contributed by atoms with E-state index in [4.69, 9.17) is 16.3 Å². The molecule has 0 saturated carbocycles. The molecule has 0 aliphatic carbocycles. The molecule has 0 aliphatic heterocycles. The number of benzene rings is 2. The Balaban J connectivity index is 2.01. The number of anilines is 2. The highest BCUT2D eigenvalue weighted by atomic mass is 35.5. The van der Waals surface area contributed by atoms with Gasteiger partial charge in [-0.05, 0) is 38.1 Å². The van der Waals surface area contributed by atoms with Crippen molar-refractivity contribution in [2.24, 2.45) is 0 Å². The molecule has 0 aliphatic rings. The number of hydrogen-bond donors (Lipinski definition) is 2. The van der Waals surface area contributed by atoms with Crippen molar-refractivity contribution >= 4 is 28.9 Å². The summed E-state index contributed by atoms with van der Waals surface area (Å²) in [7, 11) is 0. The fourth-order valence-electron chi connectivity index (χ4n) is 1.98. The maximum absolute atomic E-state index is 13.8. The zero-order chi connectivity index (χ0) is 16.8. The lowest BCUT2D eigenvalue weighted by Crippen LogP contribution is -2.32. The summed E-state index contributed by atoms with van der Waals surface area (Å²) in [5.41, 5.74) is 1.03. The number of amides is 1. The number of para-hydroxylation sites is 1. The zero-order valence-electron chi connectivity index (χ0n) is 12.9. The number of carbonyl (C=O) groups excluding carboxylic acids is 1. The third-order valence-corrected chi connectivity index (χ3v) is 3.47. The number of rotatable bonds is 6. The normalized spacial score (nSPS) is 11.7. The molecule has 0 radical (unpaired) electrons. The molecule has 2 aromatic carbocycles. The first-order valence-electron chi connectivity index (χ1n) is 7.25. The minimum Gasteiger partial charge on any atom is -0.491 e. The van der Waals surface area contributed by atoms with Crippen LogP contribution in [0.15, 0.2) is 42.5 Å². The molecule has 0 heterocycles. The zero-order valence-corrected chi connectivity index (χ0v) is 13.7. The van der Waals surface area contributed by atoms with E-state index in [1.807, 2.05) is 0 Å². The molecule has 0 spiro atoms. The fraction of sp³-hybridized carbons (Fsp3) is 0.235. The molecule has 2 N–H and O–H groups in total. The molecule has 23 heavy (non-hydrogen) atoms. The van der Waals surface area contributed by atoms with E-state index in [9.17, 15) is 9.18 Å². The van der Waals surface area contributed by atoms with E-state index in [2.05, 4.69) is 10.6 Å². The standard InChI is InChI=1S/C17H18ClFN2O2/c1-3-23-16-9-8-12(10-14(16)19)20-11(2)17(22)21-15-7-5-4-6-13(15)18/h4-11,20H,3H2,1-2H3,(H,21,22)/t11-/m0/s1. The summed E-state index contributed by atoms with van der Waals surface area (Å²) >= 11 is 6.00. The molecule has 0 bridgehead atoms. The van der Waals surface area contributed by atoms with Crippen molar-refractivity contribution in [2.75, 3.05) is 17.2 Å². The molecule has 2 aromatic rings. The number of ether oxygens (including phenoxy) is 1. The summed E-state index contributed by atoms with van der Waals surface area (Å²) in [6.45, 7) is 3.85. The smallest absolute Gasteiger partial charge is 0.246 e. The molecular weight excluding hydrogens is 319 g/mol. The Morgan fingerprint density at radius 1 is 1.30 bits per heavy atom. The van der Waals surface area contributed by atoms with Gasteiger partial charge in [0.1, 0.15) is 6.04 Å². The van der Waals surface area contributed by atoms with Crippen LogP contribution in [0.2, 0.25) is 5.02 Å². The largest absolute Gasteiger partial charge is 0.491 e. The summed E-state index contributed by atoms with van der Waals surface area (Å²) < 4.78 is 18.9. The van der Waals surface area contributed by atoms with Crippen LogP contribution in [0.25, 0.3) is 0 Å². The van der Waals surface area contributed by atoms with Crippen molar-refractivity contribution in [1.82, 2.24) is 0 Å². The van der Waals surface area contributed by atoms with Crippen molar-refractivity contribution in [3.05, 3.63) is 53.3 Å². The molecule has 4 nitrogen and oxygen atoms in total. The van der Waals surface area contributed by atoms with Gasteiger partial charge in [-0.3, -0.25) is 4.79 Å². The van der Waals surface area contributed by atoms with Crippen LogP contribution in [0.3, 0.4) is 0 Å². The summed E-state index contributed by atoms with van der Waals surface area (Å²) in [6.07, 6.45) is 0. The molecule has 122 valence electrons. The van der Waals surface area contributed by atoms with Gasteiger partial charge in [0.2, 0.25) is 5.91 Å². The number of carbonyl (C=O) groups is 1. The predicted molar refractivity (Wildman–Crippen MR) is 90.7 cm³/mol. The quantitative estimate of drug-likeness (QED) is 0.826. The van der Waals surface area contributed by atoms with Crippen molar-refractivity contribution in [1.29, 1.82) is 0 Å². The Bertz CT molecular complexity index is 694. The third-order valence-electron chi connectivity index (χ3n) is 3.14. The average molecular weight is 337 g/mol. The highest BCUT2D eigenvalue weighted by molar-refractivity contribution is 6.33. The Hall–Kier alpha value is -2.27. The molecule has 0 aromatic heterocycles. The number of halogens is 2. The minimum absolute atomic E-state index is 0.186. The van der Waals surface area contributed by atoms with Gasteiger partial charge in [0.15, 0.2) is 11.6 Å². The second kappa shape index (κ2) is 7.83. The molecule has 0 unspecified atom stereocenters. The Morgan fingerprint density at radius 2 is 2.04 bits per heavy atom.